The number of hydrogen-bond acceptors (Lipinski definition) is 1. The molecule has 0 aliphatic rings. The van der Waals surface area contributed by atoms with Gasteiger partial charge in [0.15, 0.2) is 0 Å². The molecular formula is C8H17N. The van der Waals surface area contributed by atoms with Crippen LogP contribution in [0.25, 0.3) is 0 Å². The number of hydrogen-bond donors (Lipinski definition) is 0. The second-order valence-corrected chi connectivity index (χ2v) is 2.50. The van der Waals surface area contributed by atoms with Crippen molar-refractivity contribution in [3.63, 3.8) is 0 Å². The van der Waals surface area contributed by atoms with E-state index in [-0.39, 0.29) is 0 Å². The van der Waals surface area contributed by atoms with Gasteiger partial charge in [-0.3, -0.25) is 4.99 Å². The van der Waals surface area contributed by atoms with Crippen molar-refractivity contribution in [3.8, 4) is 0 Å². The van der Waals surface area contributed by atoms with Gasteiger partial charge < -0.3 is 0 Å². The summed E-state index contributed by atoms with van der Waals surface area (Å²) >= 11 is 0. The molecule has 0 saturated heterocycles. The highest BCUT2D eigenvalue weighted by atomic mass is 14.8. The molecule has 0 radical (unpaired) electrons. The van der Waals surface area contributed by atoms with E-state index in [1.54, 1.807) is 0 Å². The third kappa shape index (κ3) is 4.19. The summed E-state index contributed by atoms with van der Waals surface area (Å²) in [6.07, 6.45) is 2.21. The summed E-state index contributed by atoms with van der Waals surface area (Å²) in [6, 6.07) is 0.472. The third-order valence-corrected chi connectivity index (χ3v) is 1.26. The summed E-state index contributed by atoms with van der Waals surface area (Å²) in [5.41, 5.74) is 1.34. The lowest BCUT2D eigenvalue weighted by Gasteiger charge is -2.01. The summed E-state index contributed by atoms with van der Waals surface area (Å²) < 4.78 is 0. The Kier molecular flexibility index (Phi) is 4.37. The predicted octanol–water partition coefficient (Wildman–Crippen LogP) is 2.66. The van der Waals surface area contributed by atoms with Crippen molar-refractivity contribution in [1.82, 2.24) is 0 Å². The van der Waals surface area contributed by atoms with E-state index >= 15 is 0 Å². The maximum Gasteiger partial charge on any atom is 0.0442 e. The molecular weight excluding hydrogens is 110 g/mol. The molecule has 0 N–H and O–H groups in total. The van der Waals surface area contributed by atoms with Crippen molar-refractivity contribution < 1.29 is 0 Å². The molecule has 0 fully saturated rings. The fourth-order valence-corrected chi connectivity index (χ4v) is 0.798. The fraction of sp³-hybridized carbons (Fsp3) is 0.875. The molecule has 0 spiro atoms. The molecule has 9 heavy (non-hydrogen) atoms. The fourth-order valence-electron chi connectivity index (χ4n) is 0.798. The van der Waals surface area contributed by atoms with Crippen molar-refractivity contribution in [2.45, 2.75) is 46.6 Å². The maximum absolute atomic E-state index is 4.43. The standard InChI is InChI=1S/C8H17N/c1-5-8(6-2)9-7(3)4/h7H,5-6H2,1-4H3. The van der Waals surface area contributed by atoms with E-state index in [0.717, 1.165) is 12.8 Å². The Labute approximate surface area is 58.2 Å². The first-order valence-electron chi connectivity index (χ1n) is 3.76. The van der Waals surface area contributed by atoms with E-state index in [9.17, 15) is 0 Å². The van der Waals surface area contributed by atoms with Gasteiger partial charge >= 0.3 is 0 Å². The van der Waals surface area contributed by atoms with Crippen LogP contribution in [0.2, 0.25) is 0 Å². The summed E-state index contributed by atoms with van der Waals surface area (Å²) in [7, 11) is 0. The van der Waals surface area contributed by atoms with Crippen molar-refractivity contribution in [3.05, 3.63) is 0 Å². The molecule has 0 heterocycles. The molecule has 0 bridgehead atoms. The Bertz CT molecular complexity index is 86.7. The lowest BCUT2D eigenvalue weighted by Crippen LogP contribution is -1.99. The average Bonchev–Trinajstić information content (AvgIpc) is 1.82. The predicted molar refractivity (Wildman–Crippen MR) is 43.2 cm³/mol. The van der Waals surface area contributed by atoms with Crippen LogP contribution < -0.4 is 0 Å². The van der Waals surface area contributed by atoms with E-state index in [1.807, 2.05) is 0 Å². The quantitative estimate of drug-likeness (QED) is 0.517. The second-order valence-electron chi connectivity index (χ2n) is 2.50. The Hall–Kier alpha value is -0.330. The first-order valence-corrected chi connectivity index (χ1v) is 3.76. The highest BCUT2D eigenvalue weighted by Crippen LogP contribution is 1.95. The molecule has 0 aromatic rings. The van der Waals surface area contributed by atoms with E-state index in [1.165, 1.54) is 5.71 Å². The SMILES string of the molecule is CCC(CC)=NC(C)C. The minimum atomic E-state index is 0.472. The van der Waals surface area contributed by atoms with Gasteiger partial charge in [0.25, 0.3) is 0 Å². The Morgan fingerprint density at radius 1 is 1.22 bits per heavy atom. The van der Waals surface area contributed by atoms with Crippen LogP contribution in [-0.2, 0) is 0 Å². The first kappa shape index (κ1) is 8.67. The zero-order valence-corrected chi connectivity index (χ0v) is 6.94. The van der Waals surface area contributed by atoms with Crippen LogP contribution in [0.5, 0.6) is 0 Å². The third-order valence-electron chi connectivity index (χ3n) is 1.26. The molecule has 0 atom stereocenters. The number of nitrogens with zero attached hydrogens (tertiary/aromatic N) is 1. The van der Waals surface area contributed by atoms with E-state index in [2.05, 4.69) is 32.7 Å². The van der Waals surface area contributed by atoms with Crippen molar-refractivity contribution >= 4 is 5.71 Å². The topological polar surface area (TPSA) is 12.4 Å². The second kappa shape index (κ2) is 4.54. The number of aliphatic imine (C=N–C) groups is 1. The molecule has 1 heteroatoms. The highest BCUT2D eigenvalue weighted by molar-refractivity contribution is 5.83. The van der Waals surface area contributed by atoms with Crippen molar-refractivity contribution in [1.29, 1.82) is 0 Å². The summed E-state index contributed by atoms with van der Waals surface area (Å²) in [6.45, 7) is 8.55. The van der Waals surface area contributed by atoms with Crippen LogP contribution >= 0.6 is 0 Å². The first-order chi connectivity index (χ1) is 4.20. The van der Waals surface area contributed by atoms with Gasteiger partial charge in [-0.2, -0.15) is 0 Å². The molecule has 0 aliphatic heterocycles. The maximum atomic E-state index is 4.43. The van der Waals surface area contributed by atoms with Crippen LogP contribution in [0.4, 0.5) is 0 Å². The molecule has 0 amide bonds. The Balaban J connectivity index is 3.75. The lowest BCUT2D eigenvalue weighted by atomic mass is 10.2. The van der Waals surface area contributed by atoms with Gasteiger partial charge in [0.05, 0.1) is 0 Å². The summed E-state index contributed by atoms with van der Waals surface area (Å²) in [5, 5.41) is 0. The zero-order valence-electron chi connectivity index (χ0n) is 6.94. The van der Waals surface area contributed by atoms with Crippen LogP contribution in [0, 0.1) is 0 Å². The molecule has 54 valence electrons. The summed E-state index contributed by atoms with van der Waals surface area (Å²) in [5.74, 6) is 0. The molecule has 0 aromatic carbocycles. The normalized spacial score (nSPS) is 9.89. The molecule has 0 saturated carbocycles. The molecule has 1 nitrogen and oxygen atoms in total. The van der Waals surface area contributed by atoms with Gasteiger partial charge in [-0.1, -0.05) is 13.8 Å². The molecule has 0 aromatic heterocycles. The molecule has 0 unspecified atom stereocenters. The van der Waals surface area contributed by atoms with Gasteiger partial charge in [-0.15, -0.1) is 0 Å². The zero-order chi connectivity index (χ0) is 7.28. The lowest BCUT2D eigenvalue weighted by molar-refractivity contribution is 0.824. The smallest absolute Gasteiger partial charge is 0.0442 e. The molecule has 0 aliphatic carbocycles. The van der Waals surface area contributed by atoms with Gasteiger partial charge in [-0.25, -0.2) is 0 Å². The van der Waals surface area contributed by atoms with E-state index in [4.69, 9.17) is 0 Å². The van der Waals surface area contributed by atoms with Crippen LogP contribution in [-0.4, -0.2) is 11.8 Å². The van der Waals surface area contributed by atoms with Crippen LogP contribution in [0.1, 0.15) is 40.5 Å². The van der Waals surface area contributed by atoms with Gasteiger partial charge in [0.1, 0.15) is 0 Å². The van der Waals surface area contributed by atoms with E-state index in [0.29, 0.717) is 6.04 Å². The Morgan fingerprint density at radius 3 is 1.78 bits per heavy atom. The van der Waals surface area contributed by atoms with Crippen LogP contribution in [0.3, 0.4) is 0 Å². The highest BCUT2D eigenvalue weighted by Gasteiger charge is 1.92. The van der Waals surface area contributed by atoms with Crippen molar-refractivity contribution in [2.75, 3.05) is 0 Å². The summed E-state index contributed by atoms with van der Waals surface area (Å²) in [4.78, 5) is 4.43. The Morgan fingerprint density at radius 2 is 1.67 bits per heavy atom. The monoisotopic (exact) mass is 127 g/mol. The average molecular weight is 127 g/mol. The largest absolute Gasteiger partial charge is 0.291 e. The van der Waals surface area contributed by atoms with Crippen LogP contribution in [0.15, 0.2) is 4.99 Å². The van der Waals surface area contributed by atoms with Gasteiger partial charge in [0.2, 0.25) is 0 Å². The number of rotatable bonds is 3. The van der Waals surface area contributed by atoms with E-state index < -0.39 is 0 Å². The van der Waals surface area contributed by atoms with Crippen molar-refractivity contribution in [2.24, 2.45) is 4.99 Å². The minimum Gasteiger partial charge on any atom is -0.291 e. The van der Waals surface area contributed by atoms with Gasteiger partial charge in [0, 0.05) is 11.8 Å². The van der Waals surface area contributed by atoms with Gasteiger partial charge in [-0.05, 0) is 26.7 Å². The molecule has 0 rings (SSSR count). The minimum absolute atomic E-state index is 0.472.